The van der Waals surface area contributed by atoms with Crippen LogP contribution in [-0.4, -0.2) is 18.3 Å². The van der Waals surface area contributed by atoms with E-state index in [1.807, 2.05) is 48.6 Å². The zero-order valence-electron chi connectivity index (χ0n) is 24.0. The van der Waals surface area contributed by atoms with E-state index in [1.54, 1.807) is 6.08 Å². The highest BCUT2D eigenvalue weighted by Crippen LogP contribution is 2.32. The molecule has 0 radical (unpaired) electrons. The molecule has 0 saturated carbocycles. The summed E-state index contributed by atoms with van der Waals surface area (Å²) in [7, 11) is 0. The molecule has 3 rings (SSSR count). The zero-order valence-corrected chi connectivity index (χ0v) is 24.0. The molecule has 3 aromatic rings. The van der Waals surface area contributed by atoms with Crippen LogP contribution in [0.25, 0.3) is 11.4 Å². The highest BCUT2D eigenvalue weighted by molar-refractivity contribution is 5.75. The van der Waals surface area contributed by atoms with Crippen molar-refractivity contribution in [1.82, 2.24) is 4.90 Å². The van der Waals surface area contributed by atoms with Gasteiger partial charge in [0.1, 0.15) is 0 Å². The molecule has 0 saturated heterocycles. The molecule has 0 N–H and O–H groups in total. The van der Waals surface area contributed by atoms with Gasteiger partial charge < -0.3 is 4.90 Å². The lowest BCUT2D eigenvalue weighted by molar-refractivity contribution is 0.493. The van der Waals surface area contributed by atoms with Crippen molar-refractivity contribution in [2.24, 2.45) is 9.98 Å². The number of para-hydroxylation sites is 1. The molecule has 0 aliphatic carbocycles. The average molecular weight is 526 g/mol. The summed E-state index contributed by atoms with van der Waals surface area (Å²) in [5.74, 6) is 0. The maximum atomic E-state index is 4.49. The molecule has 3 nitrogen and oxygen atoms in total. The van der Waals surface area contributed by atoms with E-state index in [2.05, 4.69) is 117 Å². The van der Waals surface area contributed by atoms with E-state index in [-0.39, 0.29) is 0 Å². The Morgan fingerprint density at radius 1 is 0.900 bits per heavy atom. The van der Waals surface area contributed by atoms with Crippen molar-refractivity contribution in [3.63, 3.8) is 0 Å². The van der Waals surface area contributed by atoms with Gasteiger partial charge in [0.25, 0.3) is 0 Å². The van der Waals surface area contributed by atoms with Gasteiger partial charge in [0.15, 0.2) is 0 Å². The third kappa shape index (κ3) is 8.12. The van der Waals surface area contributed by atoms with Gasteiger partial charge in [-0.05, 0) is 76.0 Å². The van der Waals surface area contributed by atoms with Gasteiger partial charge >= 0.3 is 0 Å². The highest BCUT2D eigenvalue weighted by atomic mass is 15.1. The van der Waals surface area contributed by atoms with Crippen LogP contribution in [0.2, 0.25) is 0 Å². The lowest BCUT2D eigenvalue weighted by atomic mass is 10.0. The number of aryl methyl sites for hydroxylation is 1. The summed E-state index contributed by atoms with van der Waals surface area (Å²) in [5, 5.41) is 0. The maximum Gasteiger partial charge on any atom is 0.0715 e. The predicted molar refractivity (Wildman–Crippen MR) is 176 cm³/mol. The van der Waals surface area contributed by atoms with Crippen molar-refractivity contribution in [3.05, 3.63) is 161 Å². The quantitative estimate of drug-likeness (QED) is 0.161. The molecular weight excluding hydrogens is 486 g/mol. The van der Waals surface area contributed by atoms with E-state index in [1.165, 1.54) is 22.3 Å². The fraction of sp³-hybridized carbons (Fsp3) is 0.135. The number of hydrogen-bond donors (Lipinski definition) is 0. The van der Waals surface area contributed by atoms with Crippen LogP contribution in [-0.2, 0) is 13.0 Å². The molecule has 0 aliphatic rings. The summed E-state index contributed by atoms with van der Waals surface area (Å²) in [6, 6.07) is 24.9. The van der Waals surface area contributed by atoms with Crippen LogP contribution >= 0.6 is 0 Å². The minimum atomic E-state index is 0.654. The van der Waals surface area contributed by atoms with E-state index in [0.29, 0.717) is 6.54 Å². The van der Waals surface area contributed by atoms with E-state index in [9.17, 15) is 0 Å². The van der Waals surface area contributed by atoms with Crippen LogP contribution in [0.3, 0.4) is 0 Å². The van der Waals surface area contributed by atoms with Crippen LogP contribution in [0.1, 0.15) is 41.7 Å². The number of benzene rings is 3. The first-order valence-electron chi connectivity index (χ1n) is 13.4. The summed E-state index contributed by atoms with van der Waals surface area (Å²) in [4.78, 5) is 10.7. The second-order valence-electron chi connectivity index (χ2n) is 9.72. The molecule has 0 aromatic heterocycles. The monoisotopic (exact) mass is 525 g/mol. The normalized spacial score (nSPS) is 11.4. The number of hydrogen-bond acceptors (Lipinski definition) is 3. The Labute approximate surface area is 240 Å². The van der Waals surface area contributed by atoms with Crippen molar-refractivity contribution >= 4 is 30.5 Å². The molecule has 3 aromatic carbocycles. The lowest BCUT2D eigenvalue weighted by Crippen LogP contribution is -2.21. The predicted octanol–water partition coefficient (Wildman–Crippen LogP) is 9.68. The Balaban J connectivity index is 1.87. The van der Waals surface area contributed by atoms with Gasteiger partial charge in [0, 0.05) is 29.1 Å². The zero-order chi connectivity index (χ0) is 28.9. The molecule has 0 amide bonds. The first kappa shape index (κ1) is 29.8. The van der Waals surface area contributed by atoms with E-state index in [4.69, 9.17) is 0 Å². The summed E-state index contributed by atoms with van der Waals surface area (Å²) < 4.78 is 0. The number of allylic oxidation sites excluding steroid dienone is 7. The van der Waals surface area contributed by atoms with Crippen LogP contribution < -0.4 is 0 Å². The van der Waals surface area contributed by atoms with Crippen LogP contribution in [0, 0.1) is 6.92 Å². The molecule has 0 fully saturated rings. The van der Waals surface area contributed by atoms with Crippen LogP contribution in [0.5, 0.6) is 0 Å². The first-order chi connectivity index (χ1) is 19.4. The molecule has 0 bridgehead atoms. The first-order valence-corrected chi connectivity index (χ1v) is 13.4. The molecule has 202 valence electrons. The van der Waals surface area contributed by atoms with Gasteiger partial charge in [0.05, 0.1) is 11.4 Å². The van der Waals surface area contributed by atoms with Crippen molar-refractivity contribution in [1.29, 1.82) is 0 Å². The minimum Gasteiger partial charge on any atom is -0.337 e. The summed E-state index contributed by atoms with van der Waals surface area (Å²) >= 11 is 0. The third-order valence-corrected chi connectivity index (χ3v) is 6.46. The standard InChI is InChI=1S/C37H39N3/c1-8-9-24-37(28(2)3)40(30(5)34-21-11-13-23-36(34)39-7)27-32-19-15-18-31(26-32)17-10-12-22-35(38-6)33-20-14-16-29(4)25-33/h8-16,18-26H,1,5-7,17,27H2,2-4H3/b12-10-,24-9-,35-22-. The van der Waals surface area contributed by atoms with E-state index in [0.717, 1.165) is 40.3 Å². The van der Waals surface area contributed by atoms with Crippen molar-refractivity contribution in [2.45, 2.75) is 33.7 Å². The molecule has 0 unspecified atom stereocenters. The SMILES string of the molecule is C=C/C=C\C(=C(C)C)N(Cc1cccc(C/C=C\C=C(/N=C)c2cccc(C)c2)c1)C(=C)c1ccccc1N=C. The lowest BCUT2D eigenvalue weighted by Gasteiger charge is -2.30. The van der Waals surface area contributed by atoms with E-state index < -0.39 is 0 Å². The van der Waals surface area contributed by atoms with Crippen molar-refractivity contribution in [3.8, 4) is 0 Å². The molecule has 0 spiro atoms. The van der Waals surface area contributed by atoms with Gasteiger partial charge in [-0.1, -0.05) is 109 Å². The fourth-order valence-corrected chi connectivity index (χ4v) is 4.46. The van der Waals surface area contributed by atoms with E-state index >= 15 is 0 Å². The van der Waals surface area contributed by atoms with Crippen molar-refractivity contribution < 1.29 is 0 Å². The Morgan fingerprint density at radius 2 is 1.65 bits per heavy atom. The highest BCUT2D eigenvalue weighted by Gasteiger charge is 2.17. The van der Waals surface area contributed by atoms with Gasteiger partial charge in [-0.15, -0.1) is 0 Å². The summed E-state index contributed by atoms with van der Waals surface area (Å²) in [5.41, 5.74) is 10.4. The van der Waals surface area contributed by atoms with Crippen LogP contribution in [0.4, 0.5) is 5.69 Å². The molecule has 0 heterocycles. The Bertz CT molecular complexity index is 1490. The Hall–Kier alpha value is -4.76. The minimum absolute atomic E-state index is 0.654. The number of aliphatic imine (C=N–C) groups is 2. The summed E-state index contributed by atoms with van der Waals surface area (Å²) in [6.45, 7) is 22.8. The fourth-order valence-electron chi connectivity index (χ4n) is 4.46. The van der Waals surface area contributed by atoms with Gasteiger partial charge in [0.2, 0.25) is 0 Å². The molecule has 3 heteroatoms. The van der Waals surface area contributed by atoms with Crippen LogP contribution in [0.15, 0.2) is 144 Å². The number of nitrogens with zero attached hydrogens (tertiary/aromatic N) is 3. The largest absolute Gasteiger partial charge is 0.337 e. The third-order valence-electron chi connectivity index (χ3n) is 6.46. The molecule has 40 heavy (non-hydrogen) atoms. The van der Waals surface area contributed by atoms with Gasteiger partial charge in [-0.2, -0.15) is 0 Å². The number of rotatable bonds is 13. The Kier molecular flexibility index (Phi) is 11.2. The van der Waals surface area contributed by atoms with Gasteiger partial charge in [-0.3, -0.25) is 9.98 Å². The molecule has 0 atom stereocenters. The smallest absolute Gasteiger partial charge is 0.0715 e. The molecular formula is C37H39N3. The topological polar surface area (TPSA) is 28.0 Å². The summed E-state index contributed by atoms with van der Waals surface area (Å²) in [6.07, 6.45) is 12.8. The maximum absolute atomic E-state index is 4.49. The average Bonchev–Trinajstić information content (AvgIpc) is 2.96. The van der Waals surface area contributed by atoms with Gasteiger partial charge in [-0.25, -0.2) is 0 Å². The Morgan fingerprint density at radius 3 is 2.35 bits per heavy atom. The second kappa shape index (κ2) is 15.0. The second-order valence-corrected chi connectivity index (χ2v) is 9.72. The van der Waals surface area contributed by atoms with Crippen molar-refractivity contribution in [2.75, 3.05) is 0 Å². The molecule has 0 aliphatic heterocycles.